The molecule has 8 heteroatoms. The van der Waals surface area contributed by atoms with Crippen molar-refractivity contribution in [1.29, 1.82) is 0 Å². The van der Waals surface area contributed by atoms with Crippen LogP contribution in [0, 0.1) is 10.1 Å². The Morgan fingerprint density at radius 2 is 1.89 bits per heavy atom. The summed E-state index contributed by atoms with van der Waals surface area (Å²) in [5, 5.41) is 14.5. The number of anilines is 1. The molecule has 4 rings (SSSR count). The fourth-order valence-corrected chi connectivity index (χ4v) is 3.32. The van der Waals surface area contributed by atoms with Gasteiger partial charge in [-0.1, -0.05) is 6.07 Å². The Kier molecular flexibility index (Phi) is 4.53. The Hall–Kier alpha value is -3.29. The van der Waals surface area contributed by atoms with Gasteiger partial charge in [-0.05, 0) is 42.7 Å². The number of nitrogens with zero attached hydrogens (tertiary/aromatic N) is 2. The maximum Gasteiger partial charge on any atom is 0.282 e. The number of hydrogen-bond donors (Lipinski definition) is 1. The molecule has 0 aliphatic carbocycles. The minimum atomic E-state index is -0.509. The summed E-state index contributed by atoms with van der Waals surface area (Å²) >= 11 is 0. The number of amides is 1. The van der Waals surface area contributed by atoms with Crippen molar-refractivity contribution in [2.24, 2.45) is 0 Å². The molecule has 2 aromatic rings. The van der Waals surface area contributed by atoms with E-state index in [0.717, 1.165) is 18.4 Å². The van der Waals surface area contributed by atoms with Crippen molar-refractivity contribution in [3.05, 3.63) is 57.6 Å². The predicted molar refractivity (Wildman–Crippen MR) is 98.1 cm³/mol. The molecule has 0 spiro atoms. The number of carbonyl (C=O) groups is 1. The van der Waals surface area contributed by atoms with Gasteiger partial charge in [0.1, 0.15) is 5.56 Å². The Balaban J connectivity index is 1.53. The fraction of sp³-hybridized carbons (Fsp3) is 0.316. The average Bonchev–Trinajstić information content (AvgIpc) is 3.36. The molecule has 0 atom stereocenters. The molecule has 2 heterocycles. The zero-order valence-corrected chi connectivity index (χ0v) is 14.6. The van der Waals surface area contributed by atoms with Crippen LogP contribution in [0.3, 0.4) is 0 Å². The van der Waals surface area contributed by atoms with Gasteiger partial charge in [-0.25, -0.2) is 0 Å². The quantitative estimate of drug-likeness (QED) is 0.643. The molecule has 0 saturated carbocycles. The van der Waals surface area contributed by atoms with E-state index in [9.17, 15) is 14.9 Å². The largest absolute Gasteiger partial charge is 0.454 e. The molecule has 2 aromatic carbocycles. The highest BCUT2D eigenvalue weighted by molar-refractivity contribution is 5.99. The van der Waals surface area contributed by atoms with E-state index < -0.39 is 4.92 Å². The van der Waals surface area contributed by atoms with Crippen molar-refractivity contribution in [1.82, 2.24) is 4.90 Å². The van der Waals surface area contributed by atoms with Gasteiger partial charge in [0.2, 0.25) is 6.79 Å². The minimum Gasteiger partial charge on any atom is -0.454 e. The molecule has 1 fully saturated rings. The molecule has 0 unspecified atom stereocenters. The smallest absolute Gasteiger partial charge is 0.282 e. The normalized spacial score (nSPS) is 15.0. The maximum absolute atomic E-state index is 12.7. The molecule has 0 radical (unpaired) electrons. The first kappa shape index (κ1) is 17.1. The molecule has 8 nitrogen and oxygen atoms in total. The number of nitro groups is 1. The molecule has 27 heavy (non-hydrogen) atoms. The number of hydrogen-bond acceptors (Lipinski definition) is 6. The molecule has 0 aromatic heterocycles. The van der Waals surface area contributed by atoms with Crippen LogP contribution >= 0.6 is 0 Å². The average molecular weight is 369 g/mol. The lowest BCUT2D eigenvalue weighted by molar-refractivity contribution is -0.385. The topological polar surface area (TPSA) is 93.9 Å². The summed E-state index contributed by atoms with van der Waals surface area (Å²) in [4.78, 5) is 25.2. The van der Waals surface area contributed by atoms with Crippen LogP contribution in [0.4, 0.5) is 11.4 Å². The van der Waals surface area contributed by atoms with E-state index in [-0.39, 0.29) is 24.0 Å². The van der Waals surface area contributed by atoms with Gasteiger partial charge in [0, 0.05) is 31.4 Å². The maximum atomic E-state index is 12.7. The predicted octanol–water partition coefficient (Wildman–Crippen LogP) is 3.17. The lowest BCUT2D eigenvalue weighted by atomic mass is 10.1. The summed E-state index contributed by atoms with van der Waals surface area (Å²) in [5.74, 6) is 1.13. The van der Waals surface area contributed by atoms with Crippen LogP contribution in [0.1, 0.15) is 28.8 Å². The van der Waals surface area contributed by atoms with Gasteiger partial charge in [0.25, 0.3) is 11.6 Å². The minimum absolute atomic E-state index is 0.123. The molecule has 2 aliphatic heterocycles. The lowest BCUT2D eigenvalue weighted by Crippen LogP contribution is -2.28. The second kappa shape index (κ2) is 7.14. The van der Waals surface area contributed by atoms with Crippen molar-refractivity contribution in [2.75, 3.05) is 25.2 Å². The molecule has 1 N–H and O–H groups in total. The van der Waals surface area contributed by atoms with Gasteiger partial charge < -0.3 is 19.7 Å². The first-order valence-electron chi connectivity index (χ1n) is 8.82. The first-order chi connectivity index (χ1) is 13.1. The van der Waals surface area contributed by atoms with E-state index in [2.05, 4.69) is 5.32 Å². The molecule has 140 valence electrons. The molecule has 1 saturated heterocycles. The summed E-state index contributed by atoms with van der Waals surface area (Å²) in [6, 6.07) is 10.2. The summed E-state index contributed by atoms with van der Waals surface area (Å²) in [5.41, 5.74) is 1.59. The standard InChI is InChI=1S/C19H19N3O5/c23-19(21-7-1-2-8-21)15-10-14(4-5-16(15)22(24)25)20-11-13-3-6-17-18(9-13)27-12-26-17/h3-6,9-10,20H,1-2,7-8,11-12H2. The van der Waals surface area contributed by atoms with Crippen LogP contribution < -0.4 is 14.8 Å². The Labute approximate surface area is 155 Å². The van der Waals surface area contributed by atoms with E-state index in [4.69, 9.17) is 9.47 Å². The van der Waals surface area contributed by atoms with Crippen molar-refractivity contribution in [3.8, 4) is 11.5 Å². The second-order valence-electron chi connectivity index (χ2n) is 6.53. The third kappa shape index (κ3) is 3.51. The van der Waals surface area contributed by atoms with Crippen LogP contribution in [0.15, 0.2) is 36.4 Å². The van der Waals surface area contributed by atoms with Gasteiger partial charge in [-0.3, -0.25) is 14.9 Å². The third-order valence-electron chi connectivity index (χ3n) is 4.75. The number of benzene rings is 2. The monoisotopic (exact) mass is 369 g/mol. The van der Waals surface area contributed by atoms with E-state index in [1.807, 2.05) is 18.2 Å². The van der Waals surface area contributed by atoms with Gasteiger partial charge in [0.15, 0.2) is 11.5 Å². The second-order valence-corrected chi connectivity index (χ2v) is 6.53. The van der Waals surface area contributed by atoms with Gasteiger partial charge >= 0.3 is 0 Å². The van der Waals surface area contributed by atoms with Gasteiger partial charge in [-0.2, -0.15) is 0 Å². The van der Waals surface area contributed by atoms with Crippen LogP contribution in [0.5, 0.6) is 11.5 Å². The Bertz CT molecular complexity index is 893. The number of ether oxygens (including phenoxy) is 2. The van der Waals surface area contributed by atoms with E-state index in [1.165, 1.54) is 6.07 Å². The van der Waals surface area contributed by atoms with Crippen LogP contribution in [-0.2, 0) is 6.54 Å². The number of fused-ring (bicyclic) bond motifs is 1. The zero-order valence-electron chi connectivity index (χ0n) is 14.6. The Morgan fingerprint density at radius 3 is 2.67 bits per heavy atom. The molecule has 1 amide bonds. The highest BCUT2D eigenvalue weighted by Crippen LogP contribution is 2.33. The molecule has 2 aliphatic rings. The number of nitrogens with one attached hydrogen (secondary N) is 1. The number of likely N-dealkylation sites (tertiary alicyclic amines) is 1. The highest BCUT2D eigenvalue weighted by Gasteiger charge is 2.27. The van der Waals surface area contributed by atoms with Crippen molar-refractivity contribution in [3.63, 3.8) is 0 Å². The van der Waals surface area contributed by atoms with Crippen LogP contribution in [0.25, 0.3) is 0 Å². The van der Waals surface area contributed by atoms with Crippen molar-refractivity contribution >= 4 is 17.3 Å². The zero-order chi connectivity index (χ0) is 18.8. The third-order valence-corrected chi connectivity index (χ3v) is 4.75. The van der Waals surface area contributed by atoms with E-state index in [1.54, 1.807) is 17.0 Å². The van der Waals surface area contributed by atoms with Crippen molar-refractivity contribution in [2.45, 2.75) is 19.4 Å². The van der Waals surface area contributed by atoms with Crippen molar-refractivity contribution < 1.29 is 19.2 Å². The lowest BCUT2D eigenvalue weighted by Gasteiger charge is -2.16. The summed E-state index contributed by atoms with van der Waals surface area (Å²) < 4.78 is 10.7. The summed E-state index contributed by atoms with van der Waals surface area (Å²) in [6.45, 7) is 2.00. The van der Waals surface area contributed by atoms with Crippen LogP contribution in [-0.4, -0.2) is 35.6 Å². The number of carbonyl (C=O) groups excluding carboxylic acids is 1. The highest BCUT2D eigenvalue weighted by atomic mass is 16.7. The Morgan fingerprint density at radius 1 is 1.11 bits per heavy atom. The fourth-order valence-electron chi connectivity index (χ4n) is 3.32. The number of rotatable bonds is 5. The van der Waals surface area contributed by atoms with Gasteiger partial charge in [-0.15, -0.1) is 0 Å². The van der Waals surface area contributed by atoms with E-state index >= 15 is 0 Å². The molecular weight excluding hydrogens is 350 g/mol. The van der Waals surface area contributed by atoms with Gasteiger partial charge in [0.05, 0.1) is 4.92 Å². The SMILES string of the molecule is O=C(c1cc(NCc2ccc3c(c2)OCO3)ccc1[N+](=O)[O-])N1CCCC1. The number of nitro benzene ring substituents is 1. The molecular formula is C19H19N3O5. The summed E-state index contributed by atoms with van der Waals surface area (Å²) in [6.07, 6.45) is 1.86. The van der Waals surface area contributed by atoms with E-state index in [0.29, 0.717) is 36.8 Å². The summed E-state index contributed by atoms with van der Waals surface area (Å²) in [7, 11) is 0. The molecule has 0 bridgehead atoms. The first-order valence-corrected chi connectivity index (χ1v) is 8.82. The van der Waals surface area contributed by atoms with Crippen LogP contribution in [0.2, 0.25) is 0 Å².